The number of nitrogens with zero attached hydrogens (tertiary/aromatic N) is 1. The number of alkyl carbamates (subject to hydrolysis) is 1. The summed E-state index contributed by atoms with van der Waals surface area (Å²) in [5, 5.41) is 3.15. The number of nitrogen functional groups attached to an aromatic ring is 1. The molecule has 0 unspecified atom stereocenters. The third-order valence-electron chi connectivity index (χ3n) is 5.15. The van der Waals surface area contributed by atoms with Gasteiger partial charge in [-0.05, 0) is 45.2 Å². The first-order valence-corrected chi connectivity index (χ1v) is 11.8. The molecule has 2 heterocycles. The predicted molar refractivity (Wildman–Crippen MR) is 127 cm³/mol. The zero-order chi connectivity index (χ0) is 24.2. The van der Waals surface area contributed by atoms with Crippen LogP contribution >= 0.6 is 11.3 Å². The molecular weight excluding hydrogens is 442 g/mol. The molecule has 33 heavy (non-hydrogen) atoms. The zero-order valence-electron chi connectivity index (χ0n) is 19.5. The number of nitrogens with one attached hydrogen (secondary N) is 1. The number of nitrogens with two attached hydrogens (primary N) is 1. The first-order valence-electron chi connectivity index (χ1n) is 11.0. The summed E-state index contributed by atoms with van der Waals surface area (Å²) in [5.41, 5.74) is 7.61. The zero-order valence-corrected chi connectivity index (χ0v) is 20.3. The quantitative estimate of drug-likeness (QED) is 0.621. The molecule has 1 aromatic carbocycles. The van der Waals surface area contributed by atoms with E-state index in [1.54, 1.807) is 32.6 Å². The Hall–Kier alpha value is -3.07. The molecule has 2 amide bonds. The summed E-state index contributed by atoms with van der Waals surface area (Å²) in [7, 11) is 0. The Morgan fingerprint density at radius 2 is 1.91 bits per heavy atom. The maximum Gasteiger partial charge on any atom is 0.408 e. The summed E-state index contributed by atoms with van der Waals surface area (Å²) >= 11 is 1.30. The summed E-state index contributed by atoms with van der Waals surface area (Å²) in [4.78, 5) is 40.8. The molecule has 2 aromatic rings. The van der Waals surface area contributed by atoms with E-state index in [1.165, 1.54) is 11.3 Å². The van der Waals surface area contributed by atoms with Gasteiger partial charge in [0, 0.05) is 17.8 Å². The van der Waals surface area contributed by atoms with Crippen LogP contribution in [0.1, 0.15) is 54.1 Å². The summed E-state index contributed by atoms with van der Waals surface area (Å²) < 4.78 is 10.5. The fourth-order valence-corrected chi connectivity index (χ4v) is 4.88. The number of fused-ring (bicyclic) bond motifs is 1. The fraction of sp³-hybridized carbons (Fsp3) is 0.458. The van der Waals surface area contributed by atoms with Gasteiger partial charge in [0.05, 0.1) is 18.7 Å². The lowest BCUT2D eigenvalue weighted by Gasteiger charge is -2.31. The lowest BCUT2D eigenvalue weighted by atomic mass is 10.0. The van der Waals surface area contributed by atoms with Gasteiger partial charge in [-0.2, -0.15) is 0 Å². The highest BCUT2D eigenvalue weighted by Crippen LogP contribution is 2.35. The largest absolute Gasteiger partial charge is 0.462 e. The molecule has 0 bridgehead atoms. The van der Waals surface area contributed by atoms with Crippen LogP contribution in [0.2, 0.25) is 0 Å². The third-order valence-corrected chi connectivity index (χ3v) is 6.19. The smallest absolute Gasteiger partial charge is 0.408 e. The van der Waals surface area contributed by atoms with E-state index in [-0.39, 0.29) is 12.5 Å². The molecule has 1 atom stereocenters. The first-order chi connectivity index (χ1) is 15.6. The van der Waals surface area contributed by atoms with Gasteiger partial charge in [0.15, 0.2) is 0 Å². The van der Waals surface area contributed by atoms with Crippen molar-refractivity contribution in [2.75, 3.05) is 18.9 Å². The standard InChI is InChI=1S/C24H31N3O5S/c1-5-31-22(29)19-16-11-12-27(14-18(16)33-20(19)25)21(28)17(13-15-9-7-6-8-10-15)26-23(30)32-24(2,3)4/h6-10,17H,5,11-14,25H2,1-4H3,(H,26,30)/t17-/m0/s1. The Bertz CT molecular complexity index is 1010. The van der Waals surface area contributed by atoms with Crippen molar-refractivity contribution in [3.05, 3.63) is 51.9 Å². The molecule has 0 saturated carbocycles. The molecule has 0 saturated heterocycles. The van der Waals surface area contributed by atoms with Crippen LogP contribution in [0.15, 0.2) is 30.3 Å². The second-order valence-electron chi connectivity index (χ2n) is 8.86. The van der Waals surface area contributed by atoms with Gasteiger partial charge >= 0.3 is 12.1 Å². The molecule has 3 rings (SSSR count). The van der Waals surface area contributed by atoms with Crippen molar-refractivity contribution in [3.8, 4) is 0 Å². The van der Waals surface area contributed by atoms with Crippen LogP contribution in [0.5, 0.6) is 0 Å². The number of anilines is 1. The third kappa shape index (κ3) is 6.25. The van der Waals surface area contributed by atoms with E-state index < -0.39 is 23.7 Å². The van der Waals surface area contributed by atoms with Crippen LogP contribution < -0.4 is 11.1 Å². The van der Waals surface area contributed by atoms with Gasteiger partial charge in [-0.25, -0.2) is 9.59 Å². The van der Waals surface area contributed by atoms with Crippen molar-refractivity contribution in [3.63, 3.8) is 0 Å². The minimum atomic E-state index is -0.786. The molecule has 1 aromatic heterocycles. The molecule has 0 radical (unpaired) electrons. The molecule has 8 nitrogen and oxygen atoms in total. The van der Waals surface area contributed by atoms with E-state index >= 15 is 0 Å². The van der Waals surface area contributed by atoms with E-state index in [2.05, 4.69) is 5.32 Å². The highest BCUT2D eigenvalue weighted by Gasteiger charge is 2.33. The van der Waals surface area contributed by atoms with E-state index in [0.717, 1.165) is 16.0 Å². The van der Waals surface area contributed by atoms with E-state index in [4.69, 9.17) is 15.2 Å². The Kier molecular flexibility index (Phi) is 7.63. The summed E-state index contributed by atoms with van der Waals surface area (Å²) in [6.07, 6.45) is 0.190. The number of benzene rings is 1. The van der Waals surface area contributed by atoms with Crippen molar-refractivity contribution in [2.24, 2.45) is 0 Å². The Morgan fingerprint density at radius 1 is 1.21 bits per heavy atom. The number of carbonyl (C=O) groups is 3. The van der Waals surface area contributed by atoms with Crippen LogP contribution in [0.3, 0.4) is 0 Å². The van der Waals surface area contributed by atoms with E-state index in [9.17, 15) is 14.4 Å². The molecule has 0 fully saturated rings. The molecule has 1 aliphatic heterocycles. The summed E-state index contributed by atoms with van der Waals surface area (Å²) in [6.45, 7) is 8.07. The van der Waals surface area contributed by atoms with Crippen molar-refractivity contribution in [1.82, 2.24) is 10.2 Å². The van der Waals surface area contributed by atoms with Gasteiger partial charge in [0.25, 0.3) is 0 Å². The van der Waals surface area contributed by atoms with Gasteiger partial charge in [-0.15, -0.1) is 11.3 Å². The number of ether oxygens (including phenoxy) is 2. The Morgan fingerprint density at radius 3 is 2.55 bits per heavy atom. The second kappa shape index (κ2) is 10.2. The van der Waals surface area contributed by atoms with Crippen LogP contribution in [0, 0.1) is 0 Å². The SMILES string of the molecule is CCOC(=O)c1c(N)sc2c1CCN(C(=O)[C@H](Cc1ccccc1)NC(=O)OC(C)(C)C)C2. The number of thiophene rings is 1. The van der Waals surface area contributed by atoms with E-state index in [1.807, 2.05) is 30.3 Å². The van der Waals surface area contributed by atoms with Crippen LogP contribution in [-0.4, -0.2) is 47.7 Å². The number of rotatable bonds is 6. The van der Waals surface area contributed by atoms with E-state index in [0.29, 0.717) is 36.5 Å². The number of esters is 1. The average Bonchev–Trinajstić information content (AvgIpc) is 3.07. The van der Waals surface area contributed by atoms with Crippen molar-refractivity contribution in [1.29, 1.82) is 0 Å². The van der Waals surface area contributed by atoms with Gasteiger partial charge in [0.1, 0.15) is 16.6 Å². The minimum Gasteiger partial charge on any atom is -0.462 e. The summed E-state index contributed by atoms with van der Waals surface area (Å²) in [6, 6.07) is 8.72. The van der Waals surface area contributed by atoms with Gasteiger partial charge in [-0.1, -0.05) is 30.3 Å². The molecule has 3 N–H and O–H groups in total. The number of hydrogen-bond donors (Lipinski definition) is 2. The van der Waals surface area contributed by atoms with Crippen molar-refractivity contribution < 1.29 is 23.9 Å². The summed E-state index contributed by atoms with van der Waals surface area (Å²) in [5.74, 6) is -0.638. The predicted octanol–water partition coefficient (Wildman–Crippen LogP) is 3.53. The fourth-order valence-electron chi connectivity index (χ4n) is 3.76. The van der Waals surface area contributed by atoms with Crippen molar-refractivity contribution >= 4 is 34.3 Å². The molecule has 178 valence electrons. The molecular formula is C24H31N3O5S. The molecule has 9 heteroatoms. The Balaban J connectivity index is 1.79. The van der Waals surface area contributed by atoms with Crippen LogP contribution in [0.4, 0.5) is 9.80 Å². The van der Waals surface area contributed by atoms with Gasteiger partial charge in [0.2, 0.25) is 5.91 Å². The molecule has 1 aliphatic rings. The topological polar surface area (TPSA) is 111 Å². The number of amides is 2. The number of carbonyl (C=O) groups excluding carboxylic acids is 3. The first kappa shape index (κ1) is 24.6. The van der Waals surface area contributed by atoms with Crippen LogP contribution in [0.25, 0.3) is 0 Å². The van der Waals surface area contributed by atoms with Crippen LogP contribution in [-0.2, 0) is 33.7 Å². The monoisotopic (exact) mass is 473 g/mol. The highest BCUT2D eigenvalue weighted by molar-refractivity contribution is 7.16. The molecule has 0 aliphatic carbocycles. The lowest BCUT2D eigenvalue weighted by molar-refractivity contribution is -0.134. The van der Waals surface area contributed by atoms with Gasteiger partial charge < -0.3 is 25.4 Å². The number of hydrogen-bond acceptors (Lipinski definition) is 7. The molecule has 0 spiro atoms. The maximum absolute atomic E-state index is 13.5. The Labute approximate surface area is 198 Å². The highest BCUT2D eigenvalue weighted by atomic mass is 32.1. The average molecular weight is 474 g/mol. The maximum atomic E-state index is 13.5. The second-order valence-corrected chi connectivity index (χ2v) is 10.00. The van der Waals surface area contributed by atoms with Gasteiger partial charge in [-0.3, -0.25) is 4.79 Å². The van der Waals surface area contributed by atoms with Crippen molar-refractivity contribution in [2.45, 2.75) is 58.7 Å². The minimum absolute atomic E-state index is 0.208. The lowest BCUT2D eigenvalue weighted by Crippen LogP contribution is -2.51. The normalized spacial score (nSPS) is 14.2.